The van der Waals surface area contributed by atoms with Crippen molar-refractivity contribution in [2.45, 2.75) is 0 Å². The summed E-state index contributed by atoms with van der Waals surface area (Å²) in [6.45, 7) is 0. The van der Waals surface area contributed by atoms with Crippen LogP contribution in [0.15, 0.2) is 136 Å². The maximum Gasteiger partial charge on any atom is 0.227 e. The van der Waals surface area contributed by atoms with Gasteiger partial charge in [0.05, 0.1) is 0 Å². The first kappa shape index (κ1) is 22.1. The van der Waals surface area contributed by atoms with Crippen molar-refractivity contribution < 1.29 is 8.83 Å². The second-order valence-electron chi connectivity index (χ2n) is 11.1. The van der Waals surface area contributed by atoms with E-state index in [-0.39, 0.29) is 0 Å². The van der Waals surface area contributed by atoms with Gasteiger partial charge in [0.25, 0.3) is 0 Å². The number of hydrogen-bond donors (Lipinski definition) is 0. The monoisotopic (exact) mass is 535 g/mol. The van der Waals surface area contributed by atoms with Crippen molar-refractivity contribution in [3.63, 3.8) is 0 Å². The van der Waals surface area contributed by atoms with Gasteiger partial charge in [-0.3, -0.25) is 0 Å². The maximum atomic E-state index is 6.40. The first-order valence-electron chi connectivity index (χ1n) is 14.2. The molecule has 9 aromatic rings. The number of rotatable bonds is 2. The van der Waals surface area contributed by atoms with Gasteiger partial charge in [0.1, 0.15) is 16.7 Å². The van der Waals surface area contributed by atoms with Gasteiger partial charge in [-0.25, -0.2) is 4.98 Å². The highest BCUT2D eigenvalue weighted by Crippen LogP contribution is 2.53. The lowest BCUT2D eigenvalue weighted by atomic mass is 9.92. The molecule has 0 radical (unpaired) electrons. The smallest absolute Gasteiger partial charge is 0.227 e. The van der Waals surface area contributed by atoms with Crippen LogP contribution in [0.1, 0.15) is 0 Å². The van der Waals surface area contributed by atoms with Crippen LogP contribution in [-0.2, 0) is 0 Å². The molecule has 1 aliphatic carbocycles. The van der Waals surface area contributed by atoms with E-state index in [4.69, 9.17) is 13.8 Å². The molecule has 0 spiro atoms. The molecule has 7 aromatic carbocycles. The van der Waals surface area contributed by atoms with E-state index in [0.717, 1.165) is 49.6 Å². The molecule has 10 rings (SSSR count). The molecule has 2 heterocycles. The average Bonchev–Trinajstić information content (AvgIpc) is 3.74. The van der Waals surface area contributed by atoms with Crippen molar-refractivity contribution in [2.75, 3.05) is 0 Å². The molecule has 0 N–H and O–H groups in total. The first-order chi connectivity index (χ1) is 20.8. The topological polar surface area (TPSA) is 39.2 Å². The summed E-state index contributed by atoms with van der Waals surface area (Å²) in [4.78, 5) is 4.96. The minimum atomic E-state index is 0.630. The maximum absolute atomic E-state index is 6.40. The fourth-order valence-corrected chi connectivity index (χ4v) is 7.03. The van der Waals surface area contributed by atoms with Crippen LogP contribution in [0.25, 0.3) is 99.4 Å². The van der Waals surface area contributed by atoms with Crippen molar-refractivity contribution in [1.29, 1.82) is 0 Å². The van der Waals surface area contributed by atoms with Gasteiger partial charge in [-0.05, 0) is 79.9 Å². The molecule has 0 amide bonds. The first-order valence-corrected chi connectivity index (χ1v) is 14.2. The zero-order valence-corrected chi connectivity index (χ0v) is 22.4. The fraction of sp³-hybridized carbons (Fsp3) is 0. The van der Waals surface area contributed by atoms with Crippen LogP contribution in [-0.4, -0.2) is 4.98 Å². The van der Waals surface area contributed by atoms with Gasteiger partial charge in [0.15, 0.2) is 5.58 Å². The molecule has 0 unspecified atom stereocenters. The lowest BCUT2D eigenvalue weighted by Crippen LogP contribution is -1.86. The summed E-state index contributed by atoms with van der Waals surface area (Å²) in [6, 6.07) is 44.8. The van der Waals surface area contributed by atoms with E-state index in [1.807, 2.05) is 18.2 Å². The number of oxazole rings is 1. The molecule has 3 heteroatoms. The van der Waals surface area contributed by atoms with Crippen LogP contribution < -0.4 is 0 Å². The number of benzene rings is 7. The van der Waals surface area contributed by atoms with Gasteiger partial charge in [0, 0.05) is 21.7 Å². The summed E-state index contributed by atoms with van der Waals surface area (Å²) in [7, 11) is 0. The van der Waals surface area contributed by atoms with Gasteiger partial charge >= 0.3 is 0 Å². The van der Waals surface area contributed by atoms with E-state index >= 15 is 0 Å². The number of fused-ring (bicyclic) bond motifs is 10. The highest BCUT2D eigenvalue weighted by molar-refractivity contribution is 6.29. The van der Waals surface area contributed by atoms with Crippen LogP contribution in [0.3, 0.4) is 0 Å². The summed E-state index contributed by atoms with van der Waals surface area (Å²) in [5.41, 5.74) is 11.8. The minimum absolute atomic E-state index is 0.630. The Hall–Kier alpha value is -5.67. The number of hydrogen-bond acceptors (Lipinski definition) is 3. The van der Waals surface area contributed by atoms with Crippen molar-refractivity contribution in [3.8, 4) is 44.8 Å². The molecule has 194 valence electrons. The molecular weight excluding hydrogens is 514 g/mol. The fourth-order valence-electron chi connectivity index (χ4n) is 7.03. The third-order valence-corrected chi connectivity index (χ3v) is 8.83. The zero-order valence-electron chi connectivity index (χ0n) is 22.4. The highest BCUT2D eigenvalue weighted by atomic mass is 16.3. The summed E-state index contributed by atoms with van der Waals surface area (Å²) >= 11 is 0. The molecule has 0 saturated carbocycles. The summed E-state index contributed by atoms with van der Waals surface area (Å²) < 4.78 is 12.7. The Balaban J connectivity index is 1.19. The number of para-hydroxylation sites is 1. The number of nitrogens with zero attached hydrogens (tertiary/aromatic N) is 1. The lowest BCUT2D eigenvalue weighted by Gasteiger charge is -2.11. The number of aromatic nitrogens is 1. The van der Waals surface area contributed by atoms with Gasteiger partial charge < -0.3 is 8.83 Å². The van der Waals surface area contributed by atoms with Crippen LogP contribution in [0.2, 0.25) is 0 Å². The van der Waals surface area contributed by atoms with E-state index in [1.54, 1.807) is 0 Å². The molecule has 0 saturated heterocycles. The van der Waals surface area contributed by atoms with Crippen LogP contribution in [0.5, 0.6) is 0 Å². The summed E-state index contributed by atoms with van der Waals surface area (Å²) in [6.07, 6.45) is 0. The van der Waals surface area contributed by atoms with E-state index in [9.17, 15) is 0 Å². The molecule has 0 bridgehead atoms. The average molecular weight is 536 g/mol. The summed E-state index contributed by atoms with van der Waals surface area (Å²) in [5, 5.41) is 7.13. The molecule has 42 heavy (non-hydrogen) atoms. The summed E-state index contributed by atoms with van der Waals surface area (Å²) in [5.74, 6) is 0.630. The van der Waals surface area contributed by atoms with Crippen molar-refractivity contribution >= 4 is 54.6 Å². The van der Waals surface area contributed by atoms with Gasteiger partial charge in [0.2, 0.25) is 5.89 Å². The minimum Gasteiger partial charge on any atom is -0.456 e. The molecule has 0 fully saturated rings. The molecular formula is C39H21NO2. The van der Waals surface area contributed by atoms with Crippen molar-refractivity contribution in [1.82, 2.24) is 4.98 Å². The Bertz CT molecular complexity index is 2580. The Morgan fingerprint density at radius 3 is 2.17 bits per heavy atom. The van der Waals surface area contributed by atoms with Crippen molar-refractivity contribution in [3.05, 3.63) is 127 Å². The zero-order chi connectivity index (χ0) is 27.4. The molecule has 0 atom stereocenters. The Labute approximate surface area is 240 Å². The predicted molar refractivity (Wildman–Crippen MR) is 172 cm³/mol. The molecule has 3 nitrogen and oxygen atoms in total. The molecule has 0 aliphatic heterocycles. The van der Waals surface area contributed by atoms with E-state index in [2.05, 4.69) is 109 Å². The standard InChI is InChI=1S/C39H21NO2/c1-2-11-26-22(8-1)18-19-33-38(26)40-39(42-33)24-10-5-9-23(20-24)25-13-6-14-27-28-15-7-16-30-36(28)31(35(25)27)21-34-37(30)29-12-3-4-17-32(29)41-34/h1-21H. The number of furan rings is 1. The second kappa shape index (κ2) is 7.96. The normalized spacial score (nSPS) is 12.3. The van der Waals surface area contributed by atoms with E-state index in [0.29, 0.717) is 5.89 Å². The largest absolute Gasteiger partial charge is 0.456 e. The molecule has 1 aliphatic rings. The van der Waals surface area contributed by atoms with E-state index < -0.39 is 0 Å². The van der Waals surface area contributed by atoms with Gasteiger partial charge in [-0.1, -0.05) is 97.1 Å². The Morgan fingerprint density at radius 2 is 1.19 bits per heavy atom. The van der Waals surface area contributed by atoms with Crippen LogP contribution in [0, 0.1) is 0 Å². The van der Waals surface area contributed by atoms with Crippen LogP contribution in [0.4, 0.5) is 0 Å². The highest BCUT2D eigenvalue weighted by Gasteiger charge is 2.27. The third kappa shape index (κ3) is 2.87. The van der Waals surface area contributed by atoms with Gasteiger partial charge in [-0.2, -0.15) is 0 Å². The molecule has 2 aromatic heterocycles. The lowest BCUT2D eigenvalue weighted by molar-refractivity contribution is 0.620. The SMILES string of the molecule is c1cc(-c2nc3c(ccc4ccccc43)o2)cc(-c2cccc3c2-c2cc4oc5ccccc5c4c4cccc-3c24)c1. The second-order valence-corrected chi connectivity index (χ2v) is 11.1. The quantitative estimate of drug-likeness (QED) is 0.221. The van der Waals surface area contributed by atoms with Crippen LogP contribution >= 0.6 is 0 Å². The van der Waals surface area contributed by atoms with Gasteiger partial charge in [-0.15, -0.1) is 0 Å². The van der Waals surface area contributed by atoms with E-state index in [1.165, 1.54) is 44.0 Å². The Morgan fingerprint density at radius 1 is 0.429 bits per heavy atom. The Kier molecular flexibility index (Phi) is 4.18. The van der Waals surface area contributed by atoms with Crippen molar-refractivity contribution in [2.24, 2.45) is 0 Å². The third-order valence-electron chi connectivity index (χ3n) is 8.83. The predicted octanol–water partition coefficient (Wildman–Crippen LogP) is 11.0.